The summed E-state index contributed by atoms with van der Waals surface area (Å²) in [6.45, 7) is 7.39. The Balaban J connectivity index is 0.00000191. The molecule has 0 aromatic heterocycles. The van der Waals surface area contributed by atoms with Crippen molar-refractivity contribution >= 4 is 5.97 Å². The maximum atomic E-state index is 10.6. The molecule has 1 aromatic carbocycles. The largest absolute Gasteiger partial charge is 0.493 e. The minimum absolute atomic E-state index is 0.168. The van der Waals surface area contributed by atoms with E-state index in [1.54, 1.807) is 7.11 Å². The number of hydrogen-bond donors (Lipinski definition) is 1. The molecular formula is C17H28O4. The third-order valence-corrected chi connectivity index (χ3v) is 2.93. The molecule has 0 saturated heterocycles. The molecule has 0 fully saturated rings. The molecule has 4 nitrogen and oxygen atoms in total. The van der Waals surface area contributed by atoms with Crippen LogP contribution in [0.4, 0.5) is 0 Å². The number of carboxylic acid groups (broad SMARTS) is 1. The first-order chi connectivity index (χ1) is 10.2. The lowest BCUT2D eigenvalue weighted by Crippen LogP contribution is -2.03. The summed E-state index contributed by atoms with van der Waals surface area (Å²) in [5, 5.41) is 8.72. The molecule has 0 atom stereocenters. The molecule has 0 saturated carbocycles. The van der Waals surface area contributed by atoms with Crippen LogP contribution in [0.3, 0.4) is 0 Å². The van der Waals surface area contributed by atoms with Crippen LogP contribution < -0.4 is 4.74 Å². The molecule has 1 aromatic rings. The molecule has 0 amide bonds. The predicted molar refractivity (Wildman–Crippen MR) is 85.1 cm³/mol. The Hall–Kier alpha value is -1.55. The zero-order chi connectivity index (χ0) is 16.1. The molecule has 0 aliphatic carbocycles. The Bertz CT molecular complexity index is 402. The highest BCUT2D eigenvalue weighted by atomic mass is 16.5. The number of ether oxygens (including phenoxy) is 2. The first kappa shape index (κ1) is 19.4. The summed E-state index contributed by atoms with van der Waals surface area (Å²) >= 11 is 0. The van der Waals surface area contributed by atoms with Gasteiger partial charge in [0.05, 0.1) is 6.61 Å². The number of carbonyl (C=O) groups is 1. The van der Waals surface area contributed by atoms with Gasteiger partial charge in [-0.2, -0.15) is 0 Å². The summed E-state index contributed by atoms with van der Waals surface area (Å²) in [4.78, 5) is 10.6. The maximum Gasteiger partial charge on any atom is 0.303 e. The number of methoxy groups -OCH3 is 1. The van der Waals surface area contributed by atoms with Crippen LogP contribution in [0.1, 0.15) is 44.7 Å². The fourth-order valence-electron chi connectivity index (χ4n) is 1.90. The van der Waals surface area contributed by atoms with Gasteiger partial charge >= 0.3 is 5.97 Å². The van der Waals surface area contributed by atoms with Crippen LogP contribution in [-0.2, 0) is 22.4 Å². The highest BCUT2D eigenvalue weighted by Crippen LogP contribution is 2.20. The van der Waals surface area contributed by atoms with Gasteiger partial charge in [-0.3, -0.25) is 4.79 Å². The molecular weight excluding hydrogens is 268 g/mol. The molecule has 0 unspecified atom stereocenters. The van der Waals surface area contributed by atoms with Crippen LogP contribution in [0, 0.1) is 0 Å². The van der Waals surface area contributed by atoms with E-state index in [1.807, 2.05) is 32.0 Å². The van der Waals surface area contributed by atoms with E-state index in [4.69, 9.17) is 14.6 Å². The summed E-state index contributed by atoms with van der Waals surface area (Å²) in [6.07, 6.45) is 2.48. The van der Waals surface area contributed by atoms with Crippen molar-refractivity contribution in [1.82, 2.24) is 0 Å². The van der Waals surface area contributed by atoms with Crippen molar-refractivity contribution in [2.45, 2.75) is 46.5 Å². The van der Waals surface area contributed by atoms with E-state index in [0.717, 1.165) is 29.7 Å². The van der Waals surface area contributed by atoms with E-state index >= 15 is 0 Å². The molecule has 1 N–H and O–H groups in total. The Morgan fingerprint density at radius 1 is 1.19 bits per heavy atom. The van der Waals surface area contributed by atoms with E-state index in [1.165, 1.54) is 0 Å². The third-order valence-electron chi connectivity index (χ3n) is 2.93. The normalized spacial score (nSPS) is 9.71. The van der Waals surface area contributed by atoms with E-state index in [2.05, 4.69) is 6.92 Å². The van der Waals surface area contributed by atoms with Crippen molar-refractivity contribution in [3.63, 3.8) is 0 Å². The summed E-state index contributed by atoms with van der Waals surface area (Å²) in [6, 6.07) is 5.88. The topological polar surface area (TPSA) is 55.8 Å². The van der Waals surface area contributed by atoms with Crippen molar-refractivity contribution in [3.05, 3.63) is 29.3 Å². The lowest BCUT2D eigenvalue weighted by Gasteiger charge is -2.11. The molecule has 0 aliphatic rings. The SMILES string of the molecule is CC.CCc1cc(OCCCOC)ccc1CCC(=O)O. The Morgan fingerprint density at radius 2 is 1.90 bits per heavy atom. The van der Waals surface area contributed by atoms with Crippen molar-refractivity contribution in [3.8, 4) is 5.75 Å². The van der Waals surface area contributed by atoms with Crippen LogP contribution in [0.5, 0.6) is 5.75 Å². The molecule has 1 rings (SSSR count). The average molecular weight is 296 g/mol. The first-order valence-electron chi connectivity index (χ1n) is 7.62. The lowest BCUT2D eigenvalue weighted by molar-refractivity contribution is -0.136. The second-order valence-corrected chi connectivity index (χ2v) is 4.37. The molecule has 21 heavy (non-hydrogen) atoms. The van der Waals surface area contributed by atoms with Crippen LogP contribution in [-0.4, -0.2) is 31.4 Å². The number of benzene rings is 1. The molecule has 4 heteroatoms. The second kappa shape index (κ2) is 12.2. The third kappa shape index (κ3) is 8.35. The Kier molecular flexibility index (Phi) is 11.3. The fraction of sp³-hybridized carbons (Fsp3) is 0.588. The number of aryl methyl sites for hydroxylation is 2. The van der Waals surface area contributed by atoms with Crippen LogP contribution in [0.2, 0.25) is 0 Å². The molecule has 0 radical (unpaired) electrons. The minimum Gasteiger partial charge on any atom is -0.493 e. The summed E-state index contributed by atoms with van der Waals surface area (Å²) in [5.41, 5.74) is 2.25. The zero-order valence-electron chi connectivity index (χ0n) is 13.6. The van der Waals surface area contributed by atoms with Crippen molar-refractivity contribution in [1.29, 1.82) is 0 Å². The summed E-state index contributed by atoms with van der Waals surface area (Å²) in [5.74, 6) is 0.0778. The van der Waals surface area contributed by atoms with Crippen LogP contribution in [0.15, 0.2) is 18.2 Å². The fourth-order valence-corrected chi connectivity index (χ4v) is 1.90. The van der Waals surface area contributed by atoms with Crippen molar-refractivity contribution < 1.29 is 19.4 Å². The second-order valence-electron chi connectivity index (χ2n) is 4.37. The number of hydrogen-bond acceptors (Lipinski definition) is 3. The van der Waals surface area contributed by atoms with Gasteiger partial charge in [0.15, 0.2) is 0 Å². The summed E-state index contributed by atoms with van der Waals surface area (Å²) in [7, 11) is 1.67. The van der Waals surface area contributed by atoms with Gasteiger partial charge in [-0.25, -0.2) is 0 Å². The summed E-state index contributed by atoms with van der Waals surface area (Å²) < 4.78 is 10.6. The van der Waals surface area contributed by atoms with Gasteiger partial charge in [0.25, 0.3) is 0 Å². The van der Waals surface area contributed by atoms with Crippen LogP contribution in [0.25, 0.3) is 0 Å². The number of carboxylic acids is 1. The lowest BCUT2D eigenvalue weighted by atomic mass is 10.0. The van der Waals surface area contributed by atoms with Crippen LogP contribution >= 0.6 is 0 Å². The van der Waals surface area contributed by atoms with Gasteiger partial charge < -0.3 is 14.6 Å². The maximum absolute atomic E-state index is 10.6. The van der Waals surface area contributed by atoms with Crippen molar-refractivity contribution in [2.75, 3.05) is 20.3 Å². The Morgan fingerprint density at radius 3 is 2.48 bits per heavy atom. The highest BCUT2D eigenvalue weighted by Gasteiger charge is 2.06. The predicted octanol–water partition coefficient (Wildman–Crippen LogP) is 3.71. The number of aliphatic carboxylic acids is 1. The van der Waals surface area contributed by atoms with Gasteiger partial charge in [0.2, 0.25) is 0 Å². The van der Waals surface area contributed by atoms with Crippen molar-refractivity contribution in [2.24, 2.45) is 0 Å². The van der Waals surface area contributed by atoms with E-state index in [-0.39, 0.29) is 6.42 Å². The van der Waals surface area contributed by atoms with Gasteiger partial charge in [-0.05, 0) is 36.1 Å². The molecule has 0 aliphatic heterocycles. The van der Waals surface area contributed by atoms with Gasteiger partial charge in [-0.15, -0.1) is 0 Å². The van der Waals surface area contributed by atoms with E-state index in [0.29, 0.717) is 19.6 Å². The monoisotopic (exact) mass is 296 g/mol. The smallest absolute Gasteiger partial charge is 0.303 e. The molecule has 0 heterocycles. The molecule has 0 bridgehead atoms. The highest BCUT2D eigenvalue weighted by molar-refractivity contribution is 5.67. The number of rotatable bonds is 9. The average Bonchev–Trinajstić information content (AvgIpc) is 2.51. The molecule has 120 valence electrons. The quantitative estimate of drug-likeness (QED) is 0.706. The standard InChI is InChI=1S/C15H22O4.C2H6/c1-3-12-11-14(19-10-4-9-18-2)7-5-13(12)6-8-15(16)17;1-2/h5,7,11H,3-4,6,8-10H2,1-2H3,(H,16,17);1-2H3. The van der Waals surface area contributed by atoms with E-state index in [9.17, 15) is 4.79 Å². The van der Waals surface area contributed by atoms with Gasteiger partial charge in [0.1, 0.15) is 5.75 Å². The Labute approximate surface area is 128 Å². The molecule has 0 spiro atoms. The van der Waals surface area contributed by atoms with E-state index < -0.39 is 5.97 Å². The van der Waals surface area contributed by atoms with Gasteiger partial charge in [0, 0.05) is 26.6 Å². The zero-order valence-corrected chi connectivity index (χ0v) is 13.6. The first-order valence-corrected chi connectivity index (χ1v) is 7.62. The minimum atomic E-state index is -0.762. The van der Waals surface area contributed by atoms with Gasteiger partial charge in [-0.1, -0.05) is 26.8 Å².